The van der Waals surface area contributed by atoms with Gasteiger partial charge in [0.25, 0.3) is 5.56 Å². The Kier molecular flexibility index (Phi) is 5.22. The Morgan fingerprint density at radius 3 is 2.59 bits per heavy atom. The Bertz CT molecular complexity index is 1120. The minimum absolute atomic E-state index is 0.0747. The molecule has 0 bridgehead atoms. The average Bonchev–Trinajstić information content (AvgIpc) is 3.15. The molecule has 1 amide bonds. The Labute approximate surface area is 169 Å². The van der Waals surface area contributed by atoms with E-state index in [0.29, 0.717) is 17.4 Å². The number of nitrogens with zero attached hydrogens (tertiary/aromatic N) is 4. The van der Waals surface area contributed by atoms with E-state index in [-0.39, 0.29) is 18.0 Å². The highest BCUT2D eigenvalue weighted by atomic mass is 16.2. The predicted molar refractivity (Wildman–Crippen MR) is 112 cm³/mol. The number of fused-ring (bicyclic) bond motifs is 1. The van der Waals surface area contributed by atoms with Gasteiger partial charge < -0.3 is 9.88 Å². The summed E-state index contributed by atoms with van der Waals surface area (Å²) in [5.74, 6) is 1.28. The lowest BCUT2D eigenvalue weighted by Gasteiger charge is -2.17. The summed E-state index contributed by atoms with van der Waals surface area (Å²) in [7, 11) is 0. The molecule has 1 aliphatic rings. The summed E-state index contributed by atoms with van der Waals surface area (Å²) in [5.41, 5.74) is 3.55. The Balaban J connectivity index is 1.63. The highest BCUT2D eigenvalue weighted by Crippen LogP contribution is 2.30. The lowest BCUT2D eigenvalue weighted by molar-refractivity contribution is -0.116. The van der Waals surface area contributed by atoms with Gasteiger partial charge in [-0.1, -0.05) is 25.3 Å². The summed E-state index contributed by atoms with van der Waals surface area (Å²) in [6.45, 7) is 5.95. The van der Waals surface area contributed by atoms with Crippen molar-refractivity contribution in [1.82, 2.24) is 19.2 Å². The zero-order valence-corrected chi connectivity index (χ0v) is 17.2. The molecule has 152 valence electrons. The smallest absolute Gasteiger partial charge is 0.275 e. The summed E-state index contributed by atoms with van der Waals surface area (Å²) >= 11 is 0. The van der Waals surface area contributed by atoms with Gasteiger partial charge in [-0.25, -0.2) is 0 Å². The third-order valence-corrected chi connectivity index (χ3v) is 5.88. The molecule has 1 N–H and O–H groups in total. The van der Waals surface area contributed by atoms with E-state index >= 15 is 0 Å². The van der Waals surface area contributed by atoms with Crippen LogP contribution < -0.4 is 10.9 Å². The molecule has 0 spiro atoms. The number of aryl methyl sites for hydroxylation is 3. The molecule has 7 nitrogen and oxygen atoms in total. The first-order valence-electron chi connectivity index (χ1n) is 10.3. The van der Waals surface area contributed by atoms with E-state index in [2.05, 4.69) is 15.4 Å². The van der Waals surface area contributed by atoms with Gasteiger partial charge in [-0.05, 0) is 56.9 Å². The van der Waals surface area contributed by atoms with E-state index < -0.39 is 0 Å². The first kappa shape index (κ1) is 19.4. The largest absolute Gasteiger partial charge is 0.325 e. The summed E-state index contributed by atoms with van der Waals surface area (Å²) in [6, 6.07) is 7.35. The van der Waals surface area contributed by atoms with Crippen molar-refractivity contribution in [3.05, 3.63) is 57.3 Å². The van der Waals surface area contributed by atoms with Crippen molar-refractivity contribution in [2.75, 3.05) is 5.32 Å². The van der Waals surface area contributed by atoms with Gasteiger partial charge in [0.15, 0.2) is 5.82 Å². The molecule has 1 fully saturated rings. The van der Waals surface area contributed by atoms with Gasteiger partial charge in [0.2, 0.25) is 11.7 Å². The van der Waals surface area contributed by atoms with E-state index in [9.17, 15) is 9.59 Å². The lowest BCUT2D eigenvalue weighted by atomic mass is 9.89. The second-order valence-corrected chi connectivity index (χ2v) is 8.07. The highest BCUT2D eigenvalue weighted by Gasteiger charge is 2.22. The fourth-order valence-corrected chi connectivity index (χ4v) is 4.01. The number of rotatable bonds is 4. The van der Waals surface area contributed by atoms with Gasteiger partial charge in [-0.3, -0.25) is 9.59 Å². The SMILES string of the molecule is Cc1ccc(NC(=O)Cn2c(C)cc(=O)n3nc(C4CCCCC4)nc23)cc1C. The van der Waals surface area contributed by atoms with Crippen molar-refractivity contribution in [1.29, 1.82) is 0 Å². The van der Waals surface area contributed by atoms with Crippen LogP contribution in [0.2, 0.25) is 0 Å². The second-order valence-electron chi connectivity index (χ2n) is 8.07. The number of carbonyl (C=O) groups is 1. The van der Waals surface area contributed by atoms with Gasteiger partial charge in [0, 0.05) is 23.4 Å². The van der Waals surface area contributed by atoms with Crippen LogP contribution >= 0.6 is 0 Å². The normalized spacial score (nSPS) is 15.0. The number of amides is 1. The van der Waals surface area contributed by atoms with Crippen LogP contribution in [0, 0.1) is 20.8 Å². The quantitative estimate of drug-likeness (QED) is 0.735. The molecule has 7 heteroatoms. The summed E-state index contributed by atoms with van der Waals surface area (Å²) in [4.78, 5) is 29.8. The molecule has 0 atom stereocenters. The molecule has 3 aromatic rings. The molecule has 0 saturated heterocycles. The Hall–Kier alpha value is -2.96. The van der Waals surface area contributed by atoms with Gasteiger partial charge in [-0.15, -0.1) is 5.10 Å². The molecular weight excluding hydrogens is 366 g/mol. The monoisotopic (exact) mass is 393 g/mol. The van der Waals surface area contributed by atoms with Crippen molar-refractivity contribution in [2.24, 2.45) is 0 Å². The molecule has 0 radical (unpaired) electrons. The second kappa shape index (κ2) is 7.81. The minimum atomic E-state index is -0.210. The van der Waals surface area contributed by atoms with Gasteiger partial charge >= 0.3 is 0 Å². The van der Waals surface area contributed by atoms with Crippen LogP contribution in [0.15, 0.2) is 29.1 Å². The van der Waals surface area contributed by atoms with Crippen LogP contribution in [0.1, 0.15) is 60.7 Å². The fraction of sp³-hybridized carbons (Fsp3) is 0.455. The Morgan fingerprint density at radius 2 is 1.86 bits per heavy atom. The fourth-order valence-electron chi connectivity index (χ4n) is 4.01. The number of anilines is 1. The van der Waals surface area contributed by atoms with Crippen LogP contribution in [0.25, 0.3) is 5.78 Å². The molecule has 1 aliphatic carbocycles. The molecule has 1 aromatic carbocycles. The van der Waals surface area contributed by atoms with Gasteiger partial charge in [0.05, 0.1) is 0 Å². The Morgan fingerprint density at radius 1 is 1.10 bits per heavy atom. The molecule has 2 heterocycles. The van der Waals surface area contributed by atoms with Crippen molar-refractivity contribution in [3.63, 3.8) is 0 Å². The maximum Gasteiger partial charge on any atom is 0.275 e. The third kappa shape index (κ3) is 3.95. The first-order chi connectivity index (χ1) is 13.9. The summed E-state index contributed by atoms with van der Waals surface area (Å²) in [5, 5.41) is 7.43. The molecular formula is C22H27N5O2. The maximum absolute atomic E-state index is 12.7. The minimum Gasteiger partial charge on any atom is -0.325 e. The average molecular weight is 393 g/mol. The van der Waals surface area contributed by atoms with Crippen molar-refractivity contribution in [3.8, 4) is 0 Å². The van der Waals surface area contributed by atoms with E-state index in [4.69, 9.17) is 0 Å². The number of benzene rings is 1. The van der Waals surface area contributed by atoms with Crippen molar-refractivity contribution >= 4 is 17.4 Å². The van der Waals surface area contributed by atoms with Gasteiger partial charge in [-0.2, -0.15) is 9.50 Å². The zero-order chi connectivity index (χ0) is 20.5. The number of hydrogen-bond donors (Lipinski definition) is 1. The third-order valence-electron chi connectivity index (χ3n) is 5.88. The standard InChI is InChI=1S/C22H27N5O2/c1-14-9-10-18(11-15(14)2)23-19(28)13-26-16(3)12-20(29)27-22(26)24-21(25-27)17-7-5-4-6-8-17/h9-12,17H,4-8,13H2,1-3H3,(H,23,28). The van der Waals surface area contributed by atoms with Crippen LogP contribution in [0.4, 0.5) is 5.69 Å². The number of hydrogen-bond acceptors (Lipinski definition) is 4. The maximum atomic E-state index is 12.7. The van der Waals surface area contributed by atoms with Crippen LogP contribution in [-0.4, -0.2) is 25.1 Å². The van der Waals surface area contributed by atoms with Crippen molar-refractivity contribution < 1.29 is 4.79 Å². The van der Waals surface area contributed by atoms with E-state index in [0.717, 1.165) is 29.9 Å². The predicted octanol–water partition coefficient (Wildman–Crippen LogP) is 3.50. The van der Waals surface area contributed by atoms with Gasteiger partial charge in [0.1, 0.15) is 6.54 Å². The summed E-state index contributed by atoms with van der Waals surface area (Å²) < 4.78 is 3.09. The van der Waals surface area contributed by atoms with E-state index in [1.165, 1.54) is 35.4 Å². The topological polar surface area (TPSA) is 81.3 Å². The van der Waals surface area contributed by atoms with E-state index in [1.54, 1.807) is 4.57 Å². The molecule has 0 unspecified atom stereocenters. The van der Waals surface area contributed by atoms with Crippen molar-refractivity contribution in [2.45, 2.75) is 65.3 Å². The molecule has 4 rings (SSSR count). The highest BCUT2D eigenvalue weighted by molar-refractivity contribution is 5.91. The van der Waals surface area contributed by atoms with Crippen LogP contribution in [0.3, 0.4) is 0 Å². The summed E-state index contributed by atoms with van der Waals surface area (Å²) in [6.07, 6.45) is 5.69. The molecule has 0 aliphatic heterocycles. The number of carbonyl (C=O) groups excluding carboxylic acids is 1. The molecule has 29 heavy (non-hydrogen) atoms. The zero-order valence-electron chi connectivity index (χ0n) is 17.2. The lowest BCUT2D eigenvalue weighted by Crippen LogP contribution is -2.25. The van der Waals surface area contributed by atoms with Crippen LogP contribution in [0.5, 0.6) is 0 Å². The van der Waals surface area contributed by atoms with Crippen LogP contribution in [-0.2, 0) is 11.3 Å². The first-order valence-corrected chi connectivity index (χ1v) is 10.3. The molecule has 1 saturated carbocycles. The number of aromatic nitrogens is 4. The number of nitrogens with one attached hydrogen (secondary N) is 1. The molecule has 2 aromatic heterocycles. The van der Waals surface area contributed by atoms with E-state index in [1.807, 2.05) is 39.0 Å².